The number of hydrogen-bond acceptors (Lipinski definition) is 3. The van der Waals surface area contributed by atoms with E-state index in [4.69, 9.17) is 4.74 Å². The Morgan fingerprint density at radius 2 is 2.00 bits per heavy atom. The molecule has 3 saturated carbocycles. The molecule has 5 atom stereocenters. The quantitative estimate of drug-likeness (QED) is 0.859. The van der Waals surface area contributed by atoms with E-state index in [1.54, 1.807) is 0 Å². The van der Waals surface area contributed by atoms with Gasteiger partial charge in [-0.15, -0.1) is 0 Å². The van der Waals surface area contributed by atoms with Crippen molar-refractivity contribution in [3.63, 3.8) is 0 Å². The summed E-state index contributed by atoms with van der Waals surface area (Å²) in [4.78, 5) is 0. The molecule has 1 N–H and O–H groups in total. The van der Waals surface area contributed by atoms with Gasteiger partial charge in [0.25, 0.3) is 0 Å². The molecule has 0 heterocycles. The zero-order valence-electron chi connectivity index (χ0n) is 14.0. The van der Waals surface area contributed by atoms with E-state index in [0.717, 1.165) is 31.7 Å². The van der Waals surface area contributed by atoms with E-state index in [9.17, 15) is 5.26 Å². The van der Waals surface area contributed by atoms with Gasteiger partial charge in [-0.2, -0.15) is 5.26 Å². The molecular weight excluding hydrogens is 260 g/mol. The van der Waals surface area contributed by atoms with Gasteiger partial charge < -0.3 is 4.74 Å². The predicted molar refractivity (Wildman–Crippen MR) is 83.8 cm³/mol. The molecule has 0 aliphatic heterocycles. The third-order valence-electron chi connectivity index (χ3n) is 7.27. The standard InChI is InChI=1S/C18H30N2O/c1-5-20-18(12-19)9-7-14(11-18)21-15-10-13-6-8-17(15,4)16(13,2)3/h13-15,20H,5-11H2,1-4H3. The highest BCUT2D eigenvalue weighted by atomic mass is 16.5. The Bertz CT molecular complexity index is 455. The minimum atomic E-state index is -0.340. The van der Waals surface area contributed by atoms with Gasteiger partial charge in [-0.25, -0.2) is 0 Å². The molecular formula is C18H30N2O. The van der Waals surface area contributed by atoms with Gasteiger partial charge in [-0.1, -0.05) is 27.7 Å². The minimum absolute atomic E-state index is 0.265. The average Bonchev–Trinajstić information content (AvgIpc) is 2.99. The normalized spacial score (nSPS) is 47.7. The Labute approximate surface area is 129 Å². The van der Waals surface area contributed by atoms with E-state index in [0.29, 0.717) is 16.9 Å². The van der Waals surface area contributed by atoms with E-state index in [1.807, 2.05) is 0 Å². The third-order valence-corrected chi connectivity index (χ3v) is 7.27. The molecule has 118 valence electrons. The summed E-state index contributed by atoms with van der Waals surface area (Å²) in [6, 6.07) is 2.50. The van der Waals surface area contributed by atoms with Crippen LogP contribution in [0.4, 0.5) is 0 Å². The SMILES string of the molecule is CCNC1(C#N)CCC(OC2CC3CCC2(C)C3(C)C)C1. The molecule has 0 saturated heterocycles. The first-order chi connectivity index (χ1) is 9.87. The van der Waals surface area contributed by atoms with E-state index in [1.165, 1.54) is 19.3 Å². The monoisotopic (exact) mass is 290 g/mol. The molecule has 3 heteroatoms. The lowest BCUT2D eigenvalue weighted by molar-refractivity contribution is -0.0848. The van der Waals surface area contributed by atoms with Crippen LogP contribution in [-0.4, -0.2) is 24.3 Å². The molecule has 0 aromatic heterocycles. The number of nitrogens with one attached hydrogen (secondary N) is 1. The fraction of sp³-hybridized carbons (Fsp3) is 0.944. The van der Waals surface area contributed by atoms with Crippen LogP contribution in [0.15, 0.2) is 0 Å². The van der Waals surface area contributed by atoms with Crippen molar-refractivity contribution in [1.82, 2.24) is 5.32 Å². The number of ether oxygens (including phenoxy) is 1. The second kappa shape index (κ2) is 4.96. The second-order valence-electron chi connectivity index (χ2n) is 8.32. The molecule has 3 nitrogen and oxygen atoms in total. The summed E-state index contributed by atoms with van der Waals surface area (Å²) in [7, 11) is 0. The summed E-state index contributed by atoms with van der Waals surface area (Å²) in [5, 5.41) is 12.9. The van der Waals surface area contributed by atoms with Crippen molar-refractivity contribution < 1.29 is 4.74 Å². The highest BCUT2D eigenvalue weighted by Gasteiger charge is 2.62. The van der Waals surface area contributed by atoms with Crippen LogP contribution in [0.25, 0.3) is 0 Å². The number of rotatable bonds is 4. The molecule has 21 heavy (non-hydrogen) atoms. The van der Waals surface area contributed by atoms with Gasteiger partial charge in [0.15, 0.2) is 0 Å². The lowest BCUT2D eigenvalue weighted by Gasteiger charge is -2.40. The molecule has 2 bridgehead atoms. The van der Waals surface area contributed by atoms with Crippen molar-refractivity contribution >= 4 is 0 Å². The lowest BCUT2D eigenvalue weighted by atomic mass is 9.70. The Morgan fingerprint density at radius 1 is 1.24 bits per heavy atom. The van der Waals surface area contributed by atoms with Crippen LogP contribution in [-0.2, 0) is 4.74 Å². The van der Waals surface area contributed by atoms with E-state index in [-0.39, 0.29) is 11.6 Å². The van der Waals surface area contributed by atoms with Crippen LogP contribution < -0.4 is 5.32 Å². The number of fused-ring (bicyclic) bond motifs is 2. The van der Waals surface area contributed by atoms with Crippen molar-refractivity contribution in [2.75, 3.05) is 6.54 Å². The minimum Gasteiger partial charge on any atom is -0.374 e. The fourth-order valence-corrected chi connectivity index (χ4v) is 5.32. The highest BCUT2D eigenvalue weighted by Crippen LogP contribution is 2.66. The summed E-state index contributed by atoms with van der Waals surface area (Å²) < 4.78 is 6.56. The van der Waals surface area contributed by atoms with E-state index in [2.05, 4.69) is 39.1 Å². The van der Waals surface area contributed by atoms with Gasteiger partial charge in [0.1, 0.15) is 5.54 Å². The van der Waals surface area contributed by atoms with Crippen molar-refractivity contribution in [3.05, 3.63) is 0 Å². The summed E-state index contributed by atoms with van der Waals surface area (Å²) in [6.07, 6.45) is 7.37. The van der Waals surface area contributed by atoms with Crippen LogP contribution in [0.2, 0.25) is 0 Å². The van der Waals surface area contributed by atoms with Gasteiger partial charge in [0.2, 0.25) is 0 Å². The van der Waals surface area contributed by atoms with Crippen molar-refractivity contribution in [3.8, 4) is 6.07 Å². The first kappa shape index (κ1) is 15.3. The molecule has 5 unspecified atom stereocenters. The fourth-order valence-electron chi connectivity index (χ4n) is 5.32. The summed E-state index contributed by atoms with van der Waals surface area (Å²) >= 11 is 0. The number of hydrogen-bond donors (Lipinski definition) is 1. The Morgan fingerprint density at radius 3 is 2.52 bits per heavy atom. The Kier molecular flexibility index (Phi) is 3.62. The second-order valence-corrected chi connectivity index (χ2v) is 8.32. The summed E-state index contributed by atoms with van der Waals surface area (Å²) in [5.41, 5.74) is 0.394. The number of nitriles is 1. The summed E-state index contributed by atoms with van der Waals surface area (Å²) in [5.74, 6) is 0.823. The van der Waals surface area contributed by atoms with Crippen LogP contribution in [0.1, 0.15) is 66.2 Å². The molecule has 0 aromatic rings. The first-order valence-corrected chi connectivity index (χ1v) is 8.68. The number of nitrogens with zero attached hydrogens (tertiary/aromatic N) is 1. The van der Waals surface area contributed by atoms with Crippen LogP contribution in [0.3, 0.4) is 0 Å². The van der Waals surface area contributed by atoms with Crippen LogP contribution in [0, 0.1) is 28.1 Å². The molecule has 3 aliphatic carbocycles. The van der Waals surface area contributed by atoms with Gasteiger partial charge in [-0.3, -0.25) is 5.32 Å². The van der Waals surface area contributed by atoms with Crippen molar-refractivity contribution in [2.24, 2.45) is 16.7 Å². The molecule has 3 fully saturated rings. The topological polar surface area (TPSA) is 45.0 Å². The lowest BCUT2D eigenvalue weighted by Crippen LogP contribution is -2.43. The van der Waals surface area contributed by atoms with Gasteiger partial charge in [0.05, 0.1) is 18.3 Å². The highest BCUT2D eigenvalue weighted by molar-refractivity contribution is 5.14. The third kappa shape index (κ3) is 2.14. The molecule has 0 spiro atoms. The van der Waals surface area contributed by atoms with Gasteiger partial charge >= 0.3 is 0 Å². The van der Waals surface area contributed by atoms with Crippen molar-refractivity contribution in [2.45, 2.75) is 84.0 Å². The van der Waals surface area contributed by atoms with Crippen LogP contribution in [0.5, 0.6) is 0 Å². The summed E-state index contributed by atoms with van der Waals surface area (Å²) in [6.45, 7) is 10.2. The molecule has 3 rings (SSSR count). The molecule has 0 amide bonds. The van der Waals surface area contributed by atoms with E-state index >= 15 is 0 Å². The van der Waals surface area contributed by atoms with Crippen LogP contribution >= 0.6 is 0 Å². The zero-order chi connectivity index (χ0) is 15.3. The molecule has 0 radical (unpaired) electrons. The van der Waals surface area contributed by atoms with E-state index < -0.39 is 0 Å². The van der Waals surface area contributed by atoms with Gasteiger partial charge in [-0.05, 0) is 55.4 Å². The smallest absolute Gasteiger partial charge is 0.109 e. The maximum atomic E-state index is 9.50. The molecule has 0 aromatic carbocycles. The van der Waals surface area contributed by atoms with Crippen molar-refractivity contribution in [1.29, 1.82) is 5.26 Å². The van der Waals surface area contributed by atoms with Gasteiger partial charge in [0, 0.05) is 6.42 Å². The Hall–Kier alpha value is -0.590. The first-order valence-electron chi connectivity index (χ1n) is 8.68. The zero-order valence-corrected chi connectivity index (χ0v) is 14.0. The predicted octanol–water partition coefficient (Wildman–Crippen LogP) is 3.64. The maximum Gasteiger partial charge on any atom is 0.109 e. The Balaban J connectivity index is 1.66. The maximum absolute atomic E-state index is 9.50. The average molecular weight is 290 g/mol. The molecule has 3 aliphatic rings. The largest absolute Gasteiger partial charge is 0.374 e.